The number of amides is 2. The van der Waals surface area contributed by atoms with Crippen LogP contribution >= 0.6 is 0 Å². The van der Waals surface area contributed by atoms with Gasteiger partial charge in [0.1, 0.15) is 5.84 Å². The number of nitrogens with two attached hydrogens (primary N) is 2. The standard InChI is InChI=1S/C31H64N6O4.C4H10/c1-20(2)15-29(6,7)18-35-28(41)26(40)24(38)13-14-25(39)36-31(10,11)17-30(8,9)19-34-27(33)22(5)37(12)16-23(32)21(3)4;1-4(2)3/h20-24,26,38,40H,13-19,32H2,1-12H3,(H2,33,34)(H,35,41)(H,36,39);4H,1-3H3/t22?,23?,24-,26+;/m1./s1. The van der Waals surface area contributed by atoms with Gasteiger partial charge in [-0.25, -0.2) is 0 Å². The van der Waals surface area contributed by atoms with Gasteiger partial charge in [-0.05, 0) is 75.7 Å². The lowest BCUT2D eigenvalue weighted by atomic mass is 9.80. The minimum Gasteiger partial charge on any atom is -0.390 e. The van der Waals surface area contributed by atoms with Gasteiger partial charge in [0.05, 0.1) is 12.1 Å². The second-order valence-corrected chi connectivity index (χ2v) is 16.8. The molecule has 0 saturated carbocycles. The lowest BCUT2D eigenvalue weighted by Crippen LogP contribution is -2.48. The summed E-state index contributed by atoms with van der Waals surface area (Å²) < 4.78 is 0. The average molecular weight is 643 g/mol. The molecule has 0 aliphatic heterocycles. The molecule has 2 unspecified atom stereocenters. The number of aliphatic imine (C=N–C) groups is 1. The number of rotatable bonds is 19. The Labute approximate surface area is 276 Å². The van der Waals surface area contributed by atoms with Crippen LogP contribution in [0, 0.1) is 28.6 Å². The van der Waals surface area contributed by atoms with E-state index in [0.717, 1.165) is 18.9 Å². The molecule has 0 aromatic carbocycles. The molecule has 4 atom stereocenters. The van der Waals surface area contributed by atoms with Crippen molar-refractivity contribution in [3.63, 3.8) is 0 Å². The summed E-state index contributed by atoms with van der Waals surface area (Å²) in [5, 5.41) is 26.4. The third-order valence-electron chi connectivity index (χ3n) is 7.53. The van der Waals surface area contributed by atoms with Crippen LogP contribution in [0.4, 0.5) is 0 Å². The van der Waals surface area contributed by atoms with Gasteiger partial charge < -0.3 is 32.3 Å². The number of carbonyl (C=O) groups excluding carboxylic acids is 2. The minimum atomic E-state index is -1.59. The van der Waals surface area contributed by atoms with Crippen molar-refractivity contribution < 1.29 is 19.8 Å². The van der Waals surface area contributed by atoms with E-state index in [0.29, 0.717) is 37.2 Å². The van der Waals surface area contributed by atoms with Gasteiger partial charge in [-0.3, -0.25) is 19.5 Å². The Kier molecular flexibility index (Phi) is 20.6. The summed E-state index contributed by atoms with van der Waals surface area (Å²) in [6, 6.07) is 0.0169. The first-order chi connectivity index (χ1) is 20.2. The van der Waals surface area contributed by atoms with Crippen LogP contribution in [0.2, 0.25) is 0 Å². The molecule has 45 heavy (non-hydrogen) atoms. The van der Waals surface area contributed by atoms with Crippen LogP contribution in [-0.4, -0.2) is 89.3 Å². The summed E-state index contributed by atoms with van der Waals surface area (Å²) in [4.78, 5) is 31.8. The SMILES string of the molecule is CC(C)C.CC(C)CC(C)(C)CNC(=O)[C@@H](O)[C@H](O)CCC(=O)NC(C)(C)CC(C)(C)CN=C(N)C(C)N(C)CC(N)C(C)C. The van der Waals surface area contributed by atoms with E-state index in [1.54, 1.807) is 0 Å². The Morgan fingerprint density at radius 1 is 0.911 bits per heavy atom. The van der Waals surface area contributed by atoms with Crippen molar-refractivity contribution in [3.8, 4) is 0 Å². The molecule has 0 aromatic heterocycles. The normalized spacial score (nSPS) is 15.9. The van der Waals surface area contributed by atoms with E-state index in [1.165, 1.54) is 0 Å². The van der Waals surface area contributed by atoms with E-state index in [2.05, 4.69) is 96.7 Å². The molecule has 8 N–H and O–H groups in total. The van der Waals surface area contributed by atoms with Crippen molar-refractivity contribution >= 4 is 17.6 Å². The molecule has 0 aliphatic rings. The molecule has 2 amide bonds. The van der Waals surface area contributed by atoms with Gasteiger partial charge in [-0.2, -0.15) is 0 Å². The number of amidine groups is 1. The molecule has 0 rings (SSSR count). The van der Waals surface area contributed by atoms with Crippen molar-refractivity contribution in [1.29, 1.82) is 0 Å². The third kappa shape index (κ3) is 22.4. The molecule has 0 spiro atoms. The first-order valence-electron chi connectivity index (χ1n) is 16.9. The minimum absolute atomic E-state index is 0.0122. The Hall–Kier alpha value is -1.75. The fourth-order valence-corrected chi connectivity index (χ4v) is 5.32. The maximum absolute atomic E-state index is 12.7. The molecular weight excluding hydrogens is 568 g/mol. The fraction of sp³-hybridized carbons (Fsp3) is 0.914. The zero-order chi connectivity index (χ0) is 35.9. The summed E-state index contributed by atoms with van der Waals surface area (Å²) in [5.74, 6) is 1.37. The van der Waals surface area contributed by atoms with Crippen LogP contribution in [0.5, 0.6) is 0 Å². The lowest BCUT2D eigenvalue weighted by molar-refractivity contribution is -0.137. The Bertz CT molecular complexity index is 883. The molecule has 0 radical (unpaired) electrons. The monoisotopic (exact) mass is 643 g/mol. The highest BCUT2D eigenvalue weighted by Gasteiger charge is 2.32. The summed E-state index contributed by atoms with van der Waals surface area (Å²) in [6.45, 7) is 30.7. The van der Waals surface area contributed by atoms with E-state index in [-0.39, 0.29) is 41.7 Å². The number of hydrogen-bond donors (Lipinski definition) is 6. The van der Waals surface area contributed by atoms with Crippen molar-refractivity contribution in [2.45, 2.75) is 152 Å². The molecule has 0 aromatic rings. The molecular formula is C35H74N6O4. The van der Waals surface area contributed by atoms with E-state index in [9.17, 15) is 19.8 Å². The summed E-state index contributed by atoms with van der Waals surface area (Å²) in [5.41, 5.74) is 11.6. The number of aliphatic hydroxyl groups is 2. The average Bonchev–Trinajstić information content (AvgIpc) is 2.85. The first kappa shape index (κ1) is 45.4. The van der Waals surface area contributed by atoms with Crippen LogP contribution in [-0.2, 0) is 9.59 Å². The van der Waals surface area contributed by atoms with E-state index in [1.807, 2.05) is 27.8 Å². The Morgan fingerprint density at radius 3 is 1.89 bits per heavy atom. The molecule has 268 valence electrons. The molecule has 0 fully saturated rings. The van der Waals surface area contributed by atoms with Gasteiger partial charge in [0, 0.05) is 37.6 Å². The molecule has 10 heteroatoms. The molecule has 0 heterocycles. The van der Waals surface area contributed by atoms with Gasteiger partial charge in [-0.15, -0.1) is 0 Å². The van der Waals surface area contributed by atoms with E-state index in [4.69, 9.17) is 11.5 Å². The molecule has 0 aliphatic carbocycles. The first-order valence-corrected chi connectivity index (χ1v) is 16.9. The summed E-state index contributed by atoms with van der Waals surface area (Å²) in [6.07, 6.45) is -1.40. The van der Waals surface area contributed by atoms with Gasteiger partial charge >= 0.3 is 0 Å². The number of aliphatic hydroxyl groups excluding tert-OH is 2. The smallest absolute Gasteiger partial charge is 0.251 e. The van der Waals surface area contributed by atoms with Crippen LogP contribution in [0.25, 0.3) is 0 Å². The van der Waals surface area contributed by atoms with Crippen LogP contribution in [0.1, 0.15) is 123 Å². The Morgan fingerprint density at radius 2 is 1.42 bits per heavy atom. The number of carbonyl (C=O) groups is 2. The maximum Gasteiger partial charge on any atom is 0.251 e. The highest BCUT2D eigenvalue weighted by Crippen LogP contribution is 2.29. The zero-order valence-electron chi connectivity index (χ0n) is 31.8. The van der Waals surface area contributed by atoms with Crippen molar-refractivity contribution in [2.24, 2.45) is 45.0 Å². The van der Waals surface area contributed by atoms with Crippen molar-refractivity contribution in [2.75, 3.05) is 26.7 Å². The second-order valence-electron chi connectivity index (χ2n) is 16.8. The molecule has 10 nitrogen and oxygen atoms in total. The van der Waals surface area contributed by atoms with Gasteiger partial charge in [0.25, 0.3) is 5.91 Å². The predicted molar refractivity (Wildman–Crippen MR) is 190 cm³/mol. The topological polar surface area (TPSA) is 166 Å². The van der Waals surface area contributed by atoms with Crippen molar-refractivity contribution in [1.82, 2.24) is 15.5 Å². The van der Waals surface area contributed by atoms with Gasteiger partial charge in [0.15, 0.2) is 6.10 Å². The predicted octanol–water partition coefficient (Wildman–Crippen LogP) is 4.31. The third-order valence-corrected chi connectivity index (χ3v) is 7.53. The molecule has 0 bridgehead atoms. The highest BCUT2D eigenvalue weighted by atomic mass is 16.3. The highest BCUT2D eigenvalue weighted by molar-refractivity contribution is 5.85. The number of nitrogens with zero attached hydrogens (tertiary/aromatic N) is 2. The van der Waals surface area contributed by atoms with E-state index >= 15 is 0 Å². The van der Waals surface area contributed by atoms with Crippen LogP contribution in [0.15, 0.2) is 4.99 Å². The van der Waals surface area contributed by atoms with Crippen LogP contribution < -0.4 is 22.1 Å². The fourth-order valence-electron chi connectivity index (χ4n) is 5.32. The van der Waals surface area contributed by atoms with Crippen LogP contribution in [0.3, 0.4) is 0 Å². The van der Waals surface area contributed by atoms with E-state index < -0.39 is 23.7 Å². The maximum atomic E-state index is 12.7. The molecule has 0 saturated heterocycles. The van der Waals surface area contributed by atoms with Crippen molar-refractivity contribution in [3.05, 3.63) is 0 Å². The number of hydrogen-bond acceptors (Lipinski definition) is 7. The summed E-state index contributed by atoms with van der Waals surface area (Å²) >= 11 is 0. The number of nitrogens with one attached hydrogen (secondary N) is 2. The summed E-state index contributed by atoms with van der Waals surface area (Å²) in [7, 11) is 2.00. The Balaban J connectivity index is 0. The largest absolute Gasteiger partial charge is 0.390 e. The number of likely N-dealkylation sites (N-methyl/N-ethyl adjacent to an activating group) is 1. The quantitative estimate of drug-likeness (QED) is 0.0902. The lowest BCUT2D eigenvalue weighted by Gasteiger charge is -2.35. The second kappa shape index (κ2) is 20.5. The zero-order valence-corrected chi connectivity index (χ0v) is 31.8. The van der Waals surface area contributed by atoms with Gasteiger partial charge in [0.2, 0.25) is 5.91 Å². The van der Waals surface area contributed by atoms with Gasteiger partial charge in [-0.1, -0.05) is 76.2 Å².